The normalized spacial score (nSPS) is 8.67. The van der Waals surface area contributed by atoms with Gasteiger partial charge in [0.25, 0.3) is 0 Å². The largest absolute Gasteiger partial charge is 0.916 e. The fraction of sp³-hybridized carbons (Fsp3) is 0. The molecular formula is C6H6O12+6. The van der Waals surface area contributed by atoms with E-state index < -0.39 is 30.8 Å². The van der Waals surface area contributed by atoms with Crippen LogP contribution >= 0.6 is 0 Å². The Morgan fingerprint density at radius 2 is 1.22 bits per heavy atom. The number of carbonyl (C=O) groups is 5. The summed E-state index contributed by atoms with van der Waals surface area (Å²) < 4.78 is 3.69. The van der Waals surface area contributed by atoms with E-state index in [9.17, 15) is 28.8 Å². The summed E-state index contributed by atoms with van der Waals surface area (Å²) in [4.78, 5) is 63.3. The van der Waals surface area contributed by atoms with Crippen molar-refractivity contribution in [2.45, 2.75) is 0 Å². The maximum absolute atomic E-state index is 11.2. The molecule has 0 aromatic carbocycles. The van der Waals surface area contributed by atoms with Crippen molar-refractivity contribution in [3.8, 4) is 0 Å². The predicted molar refractivity (Wildman–Crippen MR) is 45.0 cm³/mol. The second-order valence-electron chi connectivity index (χ2n) is 2.16. The quantitative estimate of drug-likeness (QED) is 0.273. The molecule has 0 fully saturated rings. The molecule has 0 aliphatic rings. The van der Waals surface area contributed by atoms with Gasteiger partial charge < -0.3 is 15.3 Å². The molecule has 0 bridgehead atoms. The van der Waals surface area contributed by atoms with E-state index in [1.54, 1.807) is 0 Å². The highest BCUT2D eigenvalue weighted by atomic mass is 17.0. The van der Waals surface area contributed by atoms with Crippen molar-refractivity contribution in [3.63, 3.8) is 0 Å². The monoisotopic (exact) mass is 270 g/mol. The zero-order valence-corrected chi connectivity index (χ0v) is 8.17. The highest BCUT2D eigenvalue weighted by Gasteiger charge is 2.69. The second-order valence-corrected chi connectivity index (χ2v) is 2.16. The van der Waals surface area contributed by atoms with Gasteiger partial charge in [-0.15, -0.1) is 0 Å². The van der Waals surface area contributed by atoms with Crippen molar-refractivity contribution in [2.24, 2.45) is 0 Å². The van der Waals surface area contributed by atoms with Crippen LogP contribution in [0.2, 0.25) is 0 Å². The van der Waals surface area contributed by atoms with Crippen molar-refractivity contribution >= 4 is 36.9 Å². The van der Waals surface area contributed by atoms with Gasteiger partial charge in [-0.1, -0.05) is 4.42 Å². The van der Waals surface area contributed by atoms with Crippen molar-refractivity contribution in [1.29, 1.82) is 0 Å². The fourth-order valence-electron chi connectivity index (χ4n) is 0.614. The maximum Gasteiger partial charge on any atom is 0.916 e. The summed E-state index contributed by atoms with van der Waals surface area (Å²) >= 11 is 0. The molecule has 12 heteroatoms. The first-order chi connectivity index (χ1) is 8.23. The van der Waals surface area contributed by atoms with E-state index in [0.717, 1.165) is 0 Å². The Kier molecular flexibility index (Phi) is 4.68. The molecular weight excluding hydrogens is 264 g/mol. The van der Waals surface area contributed by atoms with Crippen LogP contribution in [0.25, 0.3) is 0 Å². The topological polar surface area (TPSA) is 188 Å². The molecule has 0 amide bonds. The van der Waals surface area contributed by atoms with Gasteiger partial charge in [0.2, 0.25) is 4.79 Å². The van der Waals surface area contributed by atoms with E-state index >= 15 is 0 Å². The molecule has 0 saturated heterocycles. The Hall–Kier alpha value is -3.27. The Balaban J connectivity index is 5.51. The molecule has 18 heavy (non-hydrogen) atoms. The second kappa shape index (κ2) is 5.72. The van der Waals surface area contributed by atoms with Crippen LogP contribution in [0.5, 0.6) is 0 Å². The van der Waals surface area contributed by atoms with Crippen LogP contribution in [0.4, 0.5) is 24.0 Å². The molecule has 0 unspecified atom stereocenters. The lowest BCUT2D eigenvalue weighted by Crippen LogP contribution is -2.42. The predicted octanol–water partition coefficient (Wildman–Crippen LogP) is -2.17. The lowest BCUT2D eigenvalue weighted by atomic mass is 11.0. The zero-order chi connectivity index (χ0) is 14.5. The molecule has 0 aromatic rings. The summed E-state index contributed by atoms with van der Waals surface area (Å²) in [7, 11) is 0. The Morgan fingerprint density at radius 1 is 0.833 bits per heavy atom. The van der Waals surface area contributed by atoms with Gasteiger partial charge in [0, 0.05) is 0 Å². The summed E-state index contributed by atoms with van der Waals surface area (Å²) in [6.45, 7) is 0. The smallest absolute Gasteiger partial charge is 0.500 e. The minimum Gasteiger partial charge on any atom is -0.500 e. The third kappa shape index (κ3) is 3.11. The average Bonchev–Trinajstić information content (AvgIpc) is 2.15. The lowest BCUT2D eigenvalue weighted by molar-refractivity contribution is -0.389. The van der Waals surface area contributed by atoms with Gasteiger partial charge in [-0.3, -0.25) is 0 Å². The number of hydrogen-bond donors (Lipinski definition) is 0. The standard InChI is InChI=1S/C6O12/c7-1-16-5(14)18(4(12)13)6(15)17(2(8)9)3(10)11/p+6. The van der Waals surface area contributed by atoms with Gasteiger partial charge in [0.1, 0.15) is 9.59 Å². The number of carbonyl (C=O) groups excluding carboxylic acids is 7. The maximum atomic E-state index is 11.2. The summed E-state index contributed by atoms with van der Waals surface area (Å²) in [6, 6.07) is 0. The van der Waals surface area contributed by atoms with Gasteiger partial charge in [-0.05, 0) is 0 Å². The van der Waals surface area contributed by atoms with E-state index in [1.165, 1.54) is 0 Å². The molecule has 96 valence electrons. The molecule has 0 aliphatic heterocycles. The van der Waals surface area contributed by atoms with E-state index in [4.69, 9.17) is 15.3 Å². The molecule has 0 spiro atoms. The summed E-state index contributed by atoms with van der Waals surface area (Å²) in [5, 5.41) is 19.3. The van der Waals surface area contributed by atoms with E-state index in [2.05, 4.69) is 4.42 Å². The van der Waals surface area contributed by atoms with Crippen LogP contribution in [0.15, 0.2) is 0 Å². The van der Waals surface area contributed by atoms with Crippen molar-refractivity contribution in [2.75, 3.05) is 0 Å². The molecule has 0 radical (unpaired) electrons. The van der Waals surface area contributed by atoms with Crippen molar-refractivity contribution < 1.29 is 57.2 Å². The molecule has 6 N–H and O–H groups in total. The first-order valence-corrected chi connectivity index (χ1v) is 3.61. The highest BCUT2D eigenvalue weighted by molar-refractivity contribution is 6.02. The molecule has 0 rings (SSSR count). The molecule has 0 aliphatic carbocycles. The average molecular weight is 270 g/mol. The molecule has 12 nitrogen and oxygen atoms in total. The van der Waals surface area contributed by atoms with Gasteiger partial charge in [-0.25, -0.2) is 0 Å². The third-order valence-corrected chi connectivity index (χ3v) is 1.18. The number of hydrogen-bond acceptors (Lipinski definition) is 6. The van der Waals surface area contributed by atoms with E-state index in [-0.39, 0.29) is 8.73 Å². The Bertz CT molecular complexity index is 453. The van der Waals surface area contributed by atoms with Crippen LogP contribution in [0.3, 0.4) is 0 Å². The van der Waals surface area contributed by atoms with Crippen LogP contribution < -0.4 is 0 Å². The minimum absolute atomic E-state index is 0.142. The lowest BCUT2D eigenvalue weighted by Gasteiger charge is -1.96. The summed E-state index contributed by atoms with van der Waals surface area (Å²) in [5.74, 6) is 0. The first-order valence-electron chi connectivity index (χ1n) is 3.61. The third-order valence-electron chi connectivity index (χ3n) is 1.18. The van der Waals surface area contributed by atoms with Crippen LogP contribution in [-0.2, 0) is 18.0 Å². The first kappa shape index (κ1) is 14.7. The zero-order valence-electron chi connectivity index (χ0n) is 8.17. The van der Waals surface area contributed by atoms with Gasteiger partial charge in [0.05, 0.1) is 0 Å². The van der Waals surface area contributed by atoms with Crippen LogP contribution in [0, 0.1) is 0 Å². The fourth-order valence-corrected chi connectivity index (χ4v) is 0.614. The van der Waals surface area contributed by atoms with Gasteiger partial charge in [0.15, 0.2) is 14.4 Å². The van der Waals surface area contributed by atoms with Crippen LogP contribution in [0.1, 0.15) is 0 Å². The minimum atomic E-state index is -2.25. The molecule has 0 heterocycles. The summed E-state index contributed by atoms with van der Waals surface area (Å²) in [6.07, 6.45) is -10.3. The van der Waals surface area contributed by atoms with Gasteiger partial charge >= 0.3 is 36.9 Å². The van der Waals surface area contributed by atoms with E-state index in [1.807, 2.05) is 0 Å². The van der Waals surface area contributed by atoms with Crippen molar-refractivity contribution in [3.05, 3.63) is 0 Å². The van der Waals surface area contributed by atoms with Gasteiger partial charge in [-0.2, -0.15) is 8.73 Å². The highest BCUT2D eigenvalue weighted by Crippen LogP contribution is 2.12. The molecule has 0 atom stereocenters. The van der Waals surface area contributed by atoms with Crippen LogP contribution in [-0.4, -0.2) is 52.2 Å². The van der Waals surface area contributed by atoms with Crippen molar-refractivity contribution in [1.82, 2.24) is 0 Å². The summed E-state index contributed by atoms with van der Waals surface area (Å²) in [5.41, 5.74) is 0. The number of rotatable bonds is 0. The molecule has 0 aromatic heterocycles. The van der Waals surface area contributed by atoms with E-state index in [0.29, 0.717) is 6.15 Å². The molecule has 0 saturated carbocycles. The Morgan fingerprint density at radius 3 is 1.50 bits per heavy atom. The Labute approximate surface area is 95.3 Å². The SMILES string of the molecule is O=C=[O+]C(=O)[O+](C(=O)[OH2+])C(=O)[O+](C(=O)[OH2+])C(=O)[OH2+].